The molecular weight excluding hydrogens is 716 g/mol. The van der Waals surface area contributed by atoms with Gasteiger partial charge in [-0.1, -0.05) is 142 Å². The second kappa shape index (κ2) is 9.47. The van der Waals surface area contributed by atoms with E-state index < -0.39 is 5.41 Å². The largest absolute Gasteiger partial charge is 0.0715 e. The van der Waals surface area contributed by atoms with Gasteiger partial charge in [0.1, 0.15) is 0 Å². The fraction of sp³-hybridized carbons (Fsp3) is 0.273. The van der Waals surface area contributed by atoms with Crippen molar-refractivity contribution < 1.29 is 0 Å². The third-order valence-electron chi connectivity index (χ3n) is 7.46. The number of fused-ring (bicyclic) bond motifs is 3. The molecule has 0 heterocycles. The molecule has 1 aliphatic carbocycles. The van der Waals surface area contributed by atoms with Gasteiger partial charge in [0.15, 0.2) is 0 Å². The van der Waals surface area contributed by atoms with Crippen LogP contribution in [0.2, 0.25) is 0 Å². The minimum Gasteiger partial charge on any atom is -0.0579 e. The lowest BCUT2D eigenvalue weighted by molar-refractivity contribution is 0.586. The van der Waals surface area contributed by atoms with Crippen molar-refractivity contribution in [3.63, 3.8) is 0 Å². The van der Waals surface area contributed by atoms with Gasteiger partial charge < -0.3 is 0 Å². The van der Waals surface area contributed by atoms with Gasteiger partial charge in [-0.15, -0.1) is 0 Å². The molecule has 4 aromatic rings. The Labute approximate surface area is 254 Å². The number of rotatable bonds is 2. The highest BCUT2D eigenvalue weighted by atomic mass is 79.9. The Morgan fingerprint density at radius 1 is 0.459 bits per heavy atom. The second-order valence-electron chi connectivity index (χ2n) is 12.1. The van der Waals surface area contributed by atoms with Crippen LogP contribution in [0, 0.1) is 0 Å². The molecule has 0 bridgehead atoms. The number of benzene rings is 4. The molecule has 0 radical (unpaired) electrons. The summed E-state index contributed by atoms with van der Waals surface area (Å²) in [6, 6.07) is 27.6. The lowest BCUT2D eigenvalue weighted by atomic mass is 9.66. The van der Waals surface area contributed by atoms with E-state index in [-0.39, 0.29) is 10.8 Å². The maximum atomic E-state index is 3.81. The van der Waals surface area contributed by atoms with Crippen LogP contribution >= 0.6 is 63.7 Å². The van der Waals surface area contributed by atoms with Crippen molar-refractivity contribution in [3.8, 4) is 11.1 Å². The Morgan fingerprint density at radius 3 is 1.08 bits per heavy atom. The van der Waals surface area contributed by atoms with Crippen LogP contribution in [0.15, 0.2) is 90.7 Å². The zero-order chi connectivity index (χ0) is 26.9. The molecule has 37 heavy (non-hydrogen) atoms. The molecular formula is C33H30Br4. The molecule has 0 N–H and O–H groups in total. The van der Waals surface area contributed by atoms with Crippen LogP contribution in [0.3, 0.4) is 0 Å². The van der Waals surface area contributed by atoms with E-state index in [2.05, 4.69) is 178 Å². The van der Waals surface area contributed by atoms with Crippen molar-refractivity contribution in [2.45, 2.75) is 57.8 Å². The van der Waals surface area contributed by atoms with Crippen LogP contribution < -0.4 is 0 Å². The van der Waals surface area contributed by atoms with E-state index in [9.17, 15) is 0 Å². The Morgan fingerprint density at radius 2 is 0.784 bits per heavy atom. The molecule has 0 saturated heterocycles. The Bertz CT molecular complexity index is 1380. The van der Waals surface area contributed by atoms with Gasteiger partial charge in [0.05, 0.1) is 5.41 Å². The van der Waals surface area contributed by atoms with E-state index in [0.717, 1.165) is 17.9 Å². The Hall–Kier alpha value is -1.20. The first kappa shape index (κ1) is 27.4. The number of hydrogen-bond donors (Lipinski definition) is 0. The highest BCUT2D eigenvalue weighted by Crippen LogP contribution is 2.58. The highest BCUT2D eigenvalue weighted by Gasteiger charge is 2.47. The monoisotopic (exact) mass is 742 g/mol. The quantitative estimate of drug-likeness (QED) is 0.169. The molecule has 0 saturated carbocycles. The van der Waals surface area contributed by atoms with E-state index in [1.54, 1.807) is 0 Å². The maximum absolute atomic E-state index is 3.81. The van der Waals surface area contributed by atoms with Crippen LogP contribution in [0.5, 0.6) is 0 Å². The summed E-state index contributed by atoms with van der Waals surface area (Å²) in [4.78, 5) is 0. The smallest absolute Gasteiger partial charge is 0.0579 e. The number of hydrogen-bond acceptors (Lipinski definition) is 0. The second-order valence-corrected chi connectivity index (χ2v) is 15.7. The molecule has 5 rings (SSSR count). The summed E-state index contributed by atoms with van der Waals surface area (Å²) in [7, 11) is 0. The minimum atomic E-state index is -0.494. The minimum absolute atomic E-state index is 0.0296. The molecule has 4 heteroatoms. The predicted molar refractivity (Wildman–Crippen MR) is 172 cm³/mol. The molecule has 0 amide bonds. The van der Waals surface area contributed by atoms with Gasteiger partial charge in [-0.05, 0) is 91.7 Å². The molecule has 0 spiro atoms. The van der Waals surface area contributed by atoms with Crippen LogP contribution in [-0.4, -0.2) is 0 Å². The van der Waals surface area contributed by atoms with Crippen molar-refractivity contribution in [3.05, 3.63) is 124 Å². The molecule has 1 aliphatic rings. The third kappa shape index (κ3) is 4.75. The fourth-order valence-electron chi connectivity index (χ4n) is 5.59. The average Bonchev–Trinajstić information content (AvgIpc) is 3.06. The predicted octanol–water partition coefficient (Wildman–Crippen LogP) is 11.7. The summed E-state index contributed by atoms with van der Waals surface area (Å²) in [5.74, 6) is 0. The average molecular weight is 746 g/mol. The molecule has 0 aliphatic heterocycles. The molecule has 0 fully saturated rings. The van der Waals surface area contributed by atoms with Gasteiger partial charge in [0.25, 0.3) is 0 Å². The van der Waals surface area contributed by atoms with Crippen LogP contribution in [0.4, 0.5) is 0 Å². The van der Waals surface area contributed by atoms with Gasteiger partial charge in [-0.25, -0.2) is 0 Å². The summed E-state index contributed by atoms with van der Waals surface area (Å²) in [5, 5.41) is 0. The molecule has 0 unspecified atom stereocenters. The van der Waals surface area contributed by atoms with Crippen molar-refractivity contribution >= 4 is 63.7 Å². The molecule has 0 aromatic heterocycles. The van der Waals surface area contributed by atoms with Crippen LogP contribution in [0.1, 0.15) is 74.9 Å². The molecule has 0 nitrogen and oxygen atoms in total. The van der Waals surface area contributed by atoms with Crippen molar-refractivity contribution in [2.24, 2.45) is 0 Å². The summed E-state index contributed by atoms with van der Waals surface area (Å²) in [6.45, 7) is 13.8. The van der Waals surface area contributed by atoms with Gasteiger partial charge in [0.2, 0.25) is 0 Å². The van der Waals surface area contributed by atoms with E-state index in [1.165, 1.54) is 44.5 Å². The summed E-state index contributed by atoms with van der Waals surface area (Å²) in [6.07, 6.45) is 0. The van der Waals surface area contributed by atoms with E-state index in [0.29, 0.717) is 0 Å². The molecule has 4 aromatic carbocycles. The maximum Gasteiger partial charge on any atom is 0.0715 e. The van der Waals surface area contributed by atoms with Crippen molar-refractivity contribution in [2.75, 3.05) is 0 Å². The lowest BCUT2D eigenvalue weighted by Gasteiger charge is -2.36. The van der Waals surface area contributed by atoms with Crippen molar-refractivity contribution in [1.29, 1.82) is 0 Å². The third-order valence-corrected chi connectivity index (χ3v) is 9.29. The Kier molecular flexibility index (Phi) is 7.00. The lowest BCUT2D eigenvalue weighted by Crippen LogP contribution is -2.30. The molecule has 0 atom stereocenters. The zero-order valence-electron chi connectivity index (χ0n) is 21.9. The topological polar surface area (TPSA) is 0 Å². The van der Waals surface area contributed by atoms with E-state index >= 15 is 0 Å². The summed E-state index contributed by atoms with van der Waals surface area (Å²) < 4.78 is 4.22. The van der Waals surface area contributed by atoms with E-state index in [4.69, 9.17) is 0 Å². The fourth-order valence-corrected chi connectivity index (χ4v) is 8.17. The van der Waals surface area contributed by atoms with Crippen LogP contribution in [0.25, 0.3) is 11.1 Å². The standard InChI is InChI=1S/C33H30Br4/c1-31(2,3)19-7-9-27-28-10-8-20(32(4,5)6)16-30(28)33(29(27)15-19,21-11-23(34)17-24(35)12-21)22-13-25(36)18-26(37)14-22/h7-18H,1-6H3. The number of halogens is 4. The first-order valence-corrected chi connectivity index (χ1v) is 15.6. The first-order valence-electron chi connectivity index (χ1n) is 12.4. The van der Waals surface area contributed by atoms with Crippen LogP contribution in [-0.2, 0) is 16.2 Å². The van der Waals surface area contributed by atoms with Gasteiger partial charge in [-0.2, -0.15) is 0 Å². The normalized spacial score (nSPS) is 14.4. The highest BCUT2D eigenvalue weighted by molar-refractivity contribution is 9.11. The SMILES string of the molecule is CC(C)(C)c1ccc2c(c1)C(c1cc(Br)cc(Br)c1)(c1cc(Br)cc(Br)c1)c1cc(C(C)(C)C)ccc1-2. The first-order chi connectivity index (χ1) is 17.2. The van der Waals surface area contributed by atoms with E-state index in [1.807, 2.05) is 0 Å². The summed E-state index contributed by atoms with van der Waals surface area (Å²) in [5.41, 5.74) is 9.96. The Balaban J connectivity index is 2.03. The summed E-state index contributed by atoms with van der Waals surface area (Å²) >= 11 is 15.2. The molecule has 190 valence electrons. The van der Waals surface area contributed by atoms with Gasteiger partial charge >= 0.3 is 0 Å². The van der Waals surface area contributed by atoms with Gasteiger partial charge in [0, 0.05) is 17.9 Å². The van der Waals surface area contributed by atoms with Gasteiger partial charge in [-0.3, -0.25) is 0 Å². The van der Waals surface area contributed by atoms with Crippen molar-refractivity contribution in [1.82, 2.24) is 0 Å². The zero-order valence-corrected chi connectivity index (χ0v) is 28.3.